The van der Waals surface area contributed by atoms with Gasteiger partial charge in [-0.2, -0.15) is 10.2 Å². The molecule has 0 aromatic carbocycles. The van der Waals surface area contributed by atoms with E-state index in [1.54, 1.807) is 6.20 Å². The quantitative estimate of drug-likeness (QED) is 0.914. The van der Waals surface area contributed by atoms with Gasteiger partial charge >= 0.3 is 0 Å². The Morgan fingerprint density at radius 3 is 2.58 bits per heavy atom. The van der Waals surface area contributed by atoms with Gasteiger partial charge in [-0.25, -0.2) is 0 Å². The van der Waals surface area contributed by atoms with Crippen LogP contribution in [0.5, 0.6) is 0 Å². The van der Waals surface area contributed by atoms with Crippen molar-refractivity contribution in [2.24, 2.45) is 14.1 Å². The number of rotatable bonds is 5. The molecule has 2 aromatic heterocycles. The number of nitrogens with one attached hydrogen (secondary N) is 1. The van der Waals surface area contributed by atoms with Gasteiger partial charge in [0.25, 0.3) is 0 Å². The average Bonchev–Trinajstić information content (AvgIpc) is 2.85. The lowest BCUT2D eigenvalue weighted by Crippen LogP contribution is -2.27. The first-order valence-corrected chi connectivity index (χ1v) is 6.83. The van der Waals surface area contributed by atoms with E-state index < -0.39 is 0 Å². The highest BCUT2D eigenvalue weighted by Crippen LogP contribution is 2.28. The third-order valence-electron chi connectivity index (χ3n) is 3.14. The second-order valence-corrected chi connectivity index (χ2v) is 5.13. The van der Waals surface area contributed by atoms with Crippen LogP contribution in [-0.4, -0.2) is 26.1 Å². The molecule has 1 N–H and O–H groups in total. The minimum atomic E-state index is 0.00569. The molecule has 6 heteroatoms. The lowest BCUT2D eigenvalue weighted by atomic mass is 10.1. The summed E-state index contributed by atoms with van der Waals surface area (Å²) < 4.78 is 3.71. The second-order valence-electron chi connectivity index (χ2n) is 4.72. The largest absolute Gasteiger partial charge is 0.304 e. The zero-order valence-corrected chi connectivity index (χ0v) is 12.6. The van der Waals surface area contributed by atoms with E-state index in [9.17, 15) is 0 Å². The van der Waals surface area contributed by atoms with E-state index in [2.05, 4.69) is 28.5 Å². The molecule has 2 rings (SSSR count). The maximum absolute atomic E-state index is 6.27. The topological polar surface area (TPSA) is 47.7 Å². The predicted octanol–water partition coefficient (Wildman–Crippen LogP) is 2.20. The third-order valence-corrected chi connectivity index (χ3v) is 3.43. The van der Waals surface area contributed by atoms with Gasteiger partial charge in [0.1, 0.15) is 0 Å². The lowest BCUT2D eigenvalue weighted by Gasteiger charge is -2.19. The number of aromatic nitrogens is 4. The highest BCUT2D eigenvalue weighted by molar-refractivity contribution is 6.31. The van der Waals surface area contributed by atoms with Crippen LogP contribution in [0.1, 0.15) is 36.5 Å². The molecule has 0 radical (unpaired) electrons. The standard InChI is InChI=1S/C13H20ClN5/c1-5-6-15-12(11-7-9(2)17-18(11)3)13-10(14)8-16-19(13)4/h7-8,12,15H,5-6H2,1-4H3. The van der Waals surface area contributed by atoms with Gasteiger partial charge in [0, 0.05) is 14.1 Å². The Balaban J connectivity index is 2.44. The number of hydrogen-bond donors (Lipinski definition) is 1. The smallest absolute Gasteiger partial charge is 0.0933 e. The summed E-state index contributed by atoms with van der Waals surface area (Å²) in [6.07, 6.45) is 2.74. The van der Waals surface area contributed by atoms with Crippen LogP contribution in [0.2, 0.25) is 5.02 Å². The van der Waals surface area contributed by atoms with Crippen LogP contribution < -0.4 is 5.32 Å². The molecule has 104 valence electrons. The Morgan fingerprint density at radius 2 is 2.11 bits per heavy atom. The van der Waals surface area contributed by atoms with Crippen LogP contribution in [0.3, 0.4) is 0 Å². The van der Waals surface area contributed by atoms with E-state index in [0.29, 0.717) is 5.02 Å². The van der Waals surface area contributed by atoms with E-state index in [4.69, 9.17) is 11.6 Å². The highest BCUT2D eigenvalue weighted by Gasteiger charge is 2.23. The molecule has 0 spiro atoms. The molecule has 1 unspecified atom stereocenters. The van der Waals surface area contributed by atoms with Gasteiger partial charge in [0.05, 0.1) is 34.3 Å². The van der Waals surface area contributed by atoms with Crippen molar-refractivity contribution in [2.45, 2.75) is 26.3 Å². The molecule has 2 aromatic rings. The fourth-order valence-electron chi connectivity index (χ4n) is 2.28. The monoisotopic (exact) mass is 281 g/mol. The van der Waals surface area contributed by atoms with Crippen molar-refractivity contribution in [3.05, 3.63) is 34.4 Å². The summed E-state index contributed by atoms with van der Waals surface area (Å²) in [6, 6.07) is 2.09. The molecule has 2 heterocycles. The van der Waals surface area contributed by atoms with Crippen molar-refractivity contribution in [3.8, 4) is 0 Å². The third kappa shape index (κ3) is 2.82. The molecule has 0 amide bonds. The predicted molar refractivity (Wildman–Crippen MR) is 76.3 cm³/mol. The summed E-state index contributed by atoms with van der Waals surface area (Å²) in [5.74, 6) is 0. The van der Waals surface area contributed by atoms with E-state index in [0.717, 1.165) is 30.0 Å². The fourth-order valence-corrected chi connectivity index (χ4v) is 2.55. The number of aryl methyl sites for hydroxylation is 3. The first-order valence-electron chi connectivity index (χ1n) is 6.46. The van der Waals surface area contributed by atoms with E-state index in [-0.39, 0.29) is 6.04 Å². The van der Waals surface area contributed by atoms with Crippen molar-refractivity contribution in [1.29, 1.82) is 0 Å². The summed E-state index contributed by atoms with van der Waals surface area (Å²) in [4.78, 5) is 0. The molecule has 1 atom stereocenters. The van der Waals surface area contributed by atoms with Gasteiger partial charge in [-0.3, -0.25) is 9.36 Å². The van der Waals surface area contributed by atoms with Crippen LogP contribution >= 0.6 is 11.6 Å². The highest BCUT2D eigenvalue weighted by atomic mass is 35.5. The van der Waals surface area contributed by atoms with Crippen LogP contribution in [0, 0.1) is 6.92 Å². The summed E-state index contributed by atoms with van der Waals surface area (Å²) in [5, 5.41) is 12.8. The van der Waals surface area contributed by atoms with E-state index >= 15 is 0 Å². The Hall–Kier alpha value is -1.33. The molecule has 0 aliphatic rings. The number of nitrogens with zero attached hydrogens (tertiary/aromatic N) is 4. The summed E-state index contributed by atoms with van der Waals surface area (Å²) in [7, 11) is 3.86. The Labute approximate surface area is 118 Å². The molecule has 0 saturated heterocycles. The Morgan fingerprint density at radius 1 is 1.37 bits per heavy atom. The van der Waals surface area contributed by atoms with Gasteiger partial charge in [-0.05, 0) is 26.0 Å². The number of hydrogen-bond acceptors (Lipinski definition) is 3. The van der Waals surface area contributed by atoms with E-state index in [1.165, 1.54) is 0 Å². The zero-order chi connectivity index (χ0) is 14.0. The minimum Gasteiger partial charge on any atom is -0.304 e. The Bertz CT molecular complexity index is 538. The van der Waals surface area contributed by atoms with Crippen molar-refractivity contribution in [3.63, 3.8) is 0 Å². The molecule has 0 saturated carbocycles. The minimum absolute atomic E-state index is 0.00569. The molecule has 0 bridgehead atoms. The fraction of sp³-hybridized carbons (Fsp3) is 0.538. The SMILES string of the molecule is CCCNC(c1cc(C)nn1C)c1c(Cl)cnn1C. The molecular weight excluding hydrogens is 262 g/mol. The van der Waals surface area contributed by atoms with Gasteiger partial charge in [0.15, 0.2) is 0 Å². The molecule has 19 heavy (non-hydrogen) atoms. The van der Waals surface area contributed by atoms with Gasteiger partial charge < -0.3 is 5.32 Å². The summed E-state index contributed by atoms with van der Waals surface area (Å²) >= 11 is 6.27. The van der Waals surface area contributed by atoms with Crippen molar-refractivity contribution in [2.75, 3.05) is 6.54 Å². The van der Waals surface area contributed by atoms with Crippen LogP contribution in [0.15, 0.2) is 12.3 Å². The lowest BCUT2D eigenvalue weighted by molar-refractivity contribution is 0.520. The first-order chi connectivity index (χ1) is 9.04. The van der Waals surface area contributed by atoms with Gasteiger partial charge in [-0.15, -0.1) is 0 Å². The maximum Gasteiger partial charge on any atom is 0.0933 e. The van der Waals surface area contributed by atoms with Gasteiger partial charge in [-0.1, -0.05) is 18.5 Å². The van der Waals surface area contributed by atoms with Crippen LogP contribution in [0.25, 0.3) is 0 Å². The molecular formula is C13H20ClN5. The van der Waals surface area contributed by atoms with Gasteiger partial charge in [0.2, 0.25) is 0 Å². The molecule has 0 aliphatic heterocycles. The number of halogens is 1. The average molecular weight is 282 g/mol. The Kier molecular flexibility index (Phi) is 4.27. The first kappa shape index (κ1) is 14.1. The zero-order valence-electron chi connectivity index (χ0n) is 11.8. The van der Waals surface area contributed by atoms with Crippen LogP contribution in [-0.2, 0) is 14.1 Å². The van der Waals surface area contributed by atoms with E-state index in [1.807, 2.05) is 30.4 Å². The van der Waals surface area contributed by atoms with Crippen LogP contribution in [0.4, 0.5) is 0 Å². The second kappa shape index (κ2) is 5.75. The van der Waals surface area contributed by atoms with Crippen molar-refractivity contribution < 1.29 is 0 Å². The van der Waals surface area contributed by atoms with Crippen molar-refractivity contribution >= 4 is 11.6 Å². The summed E-state index contributed by atoms with van der Waals surface area (Å²) in [6.45, 7) is 5.05. The maximum atomic E-state index is 6.27. The normalized spacial score (nSPS) is 12.9. The molecule has 0 aliphatic carbocycles. The molecule has 0 fully saturated rings. The van der Waals surface area contributed by atoms with Crippen molar-refractivity contribution in [1.82, 2.24) is 24.9 Å². The molecule has 5 nitrogen and oxygen atoms in total. The summed E-state index contributed by atoms with van der Waals surface area (Å²) in [5.41, 5.74) is 3.06.